The molecule has 0 saturated heterocycles. The molecule has 0 aliphatic carbocycles. The summed E-state index contributed by atoms with van der Waals surface area (Å²) in [7, 11) is 1.55. The summed E-state index contributed by atoms with van der Waals surface area (Å²) in [5.74, 6) is -0.398. The van der Waals surface area contributed by atoms with Crippen molar-refractivity contribution in [2.24, 2.45) is 0 Å². The van der Waals surface area contributed by atoms with E-state index in [9.17, 15) is 14.4 Å². The Bertz CT molecular complexity index is 1580. The third-order valence-electron chi connectivity index (χ3n) is 5.62. The van der Waals surface area contributed by atoms with Crippen LogP contribution in [0.15, 0.2) is 108 Å². The molecule has 0 saturated carbocycles. The predicted molar refractivity (Wildman–Crippen MR) is 166 cm³/mol. The Morgan fingerprint density at radius 3 is 2.34 bits per heavy atom. The quantitative estimate of drug-likeness (QED) is 0.132. The summed E-state index contributed by atoms with van der Waals surface area (Å²) in [6, 6.07) is 27.6. The highest BCUT2D eigenvalue weighted by Gasteiger charge is 2.15. The molecule has 0 aromatic heterocycles. The first-order valence-corrected chi connectivity index (χ1v) is 14.1. The lowest BCUT2D eigenvalue weighted by molar-refractivity contribution is -0.114. The zero-order chi connectivity index (χ0) is 29.2. The zero-order valence-electron chi connectivity index (χ0n) is 21.8. The second kappa shape index (κ2) is 14.4. The maximum Gasteiger partial charge on any atom is 0.272 e. The van der Waals surface area contributed by atoms with Gasteiger partial charge in [-0.2, -0.15) is 0 Å². The molecule has 4 rings (SSSR count). The number of anilines is 2. The van der Waals surface area contributed by atoms with Crippen LogP contribution in [-0.4, -0.2) is 30.6 Å². The number of carbonyl (C=O) groups is 3. The molecule has 0 bridgehead atoms. The highest BCUT2D eigenvalue weighted by atomic mass is 35.5. The van der Waals surface area contributed by atoms with Crippen LogP contribution < -0.4 is 20.7 Å². The van der Waals surface area contributed by atoms with E-state index in [-0.39, 0.29) is 17.4 Å². The number of ether oxygens (including phenoxy) is 1. The molecule has 3 N–H and O–H groups in total. The van der Waals surface area contributed by atoms with Crippen LogP contribution in [0.2, 0.25) is 10.0 Å². The van der Waals surface area contributed by atoms with Crippen molar-refractivity contribution in [2.75, 3.05) is 23.5 Å². The first kappa shape index (κ1) is 29.7. The normalized spacial score (nSPS) is 11.0. The summed E-state index contributed by atoms with van der Waals surface area (Å²) in [6.45, 7) is 0. The molecular formula is C31H25Cl2N3O4S. The van der Waals surface area contributed by atoms with Gasteiger partial charge in [0.1, 0.15) is 11.4 Å². The first-order valence-electron chi connectivity index (χ1n) is 12.3. The SMILES string of the molecule is COc1cccc(/C=C(\NC(=O)c2ccccc2)C(=O)Nc2ccc(SCC(=O)Nc3cc(Cl)ccc3Cl)cc2)c1. The third-order valence-corrected chi connectivity index (χ3v) is 7.19. The van der Waals surface area contributed by atoms with E-state index in [2.05, 4.69) is 16.0 Å². The lowest BCUT2D eigenvalue weighted by atomic mass is 10.1. The third kappa shape index (κ3) is 8.88. The molecule has 0 unspecified atom stereocenters. The standard InChI is InChI=1S/C31H25Cl2N3O4S/c1-40-24-9-5-6-20(16-24)17-28(36-30(38)21-7-3-2-4-8-21)31(39)34-23-11-13-25(14-12-23)41-19-29(37)35-27-18-22(32)10-15-26(27)33/h2-18H,19H2,1H3,(H,34,39)(H,35,37)(H,36,38)/b28-17-. The van der Waals surface area contributed by atoms with Gasteiger partial charge in [0.15, 0.2) is 0 Å². The maximum absolute atomic E-state index is 13.3. The van der Waals surface area contributed by atoms with Gasteiger partial charge in [-0.25, -0.2) is 0 Å². The molecular weight excluding hydrogens is 581 g/mol. The summed E-state index contributed by atoms with van der Waals surface area (Å²) in [6.07, 6.45) is 1.58. The van der Waals surface area contributed by atoms with Gasteiger partial charge >= 0.3 is 0 Å². The summed E-state index contributed by atoms with van der Waals surface area (Å²) in [4.78, 5) is 39.3. The second-order valence-electron chi connectivity index (χ2n) is 8.59. The number of nitrogens with one attached hydrogen (secondary N) is 3. The molecule has 3 amide bonds. The number of halogens is 2. The van der Waals surface area contributed by atoms with Gasteiger partial charge in [0.25, 0.3) is 11.8 Å². The molecule has 4 aromatic carbocycles. The van der Waals surface area contributed by atoms with Crippen molar-refractivity contribution in [3.05, 3.63) is 124 Å². The Morgan fingerprint density at radius 2 is 1.61 bits per heavy atom. The van der Waals surface area contributed by atoms with Crippen LogP contribution in [0.5, 0.6) is 5.75 Å². The van der Waals surface area contributed by atoms with Gasteiger partial charge in [-0.05, 0) is 78.4 Å². The maximum atomic E-state index is 13.3. The number of hydrogen-bond acceptors (Lipinski definition) is 5. The smallest absolute Gasteiger partial charge is 0.272 e. The van der Waals surface area contributed by atoms with Gasteiger partial charge in [-0.1, -0.05) is 53.5 Å². The minimum Gasteiger partial charge on any atom is -0.497 e. The van der Waals surface area contributed by atoms with Crippen LogP contribution in [-0.2, 0) is 9.59 Å². The fourth-order valence-corrected chi connectivity index (χ4v) is 4.64. The van der Waals surface area contributed by atoms with E-state index < -0.39 is 11.8 Å². The highest BCUT2D eigenvalue weighted by Crippen LogP contribution is 2.26. The Morgan fingerprint density at radius 1 is 0.854 bits per heavy atom. The monoisotopic (exact) mass is 605 g/mol. The minimum atomic E-state index is -0.504. The van der Waals surface area contributed by atoms with E-state index in [1.165, 1.54) is 11.8 Å². The van der Waals surface area contributed by atoms with E-state index in [1.54, 1.807) is 110 Å². The molecule has 0 aliphatic rings. The van der Waals surface area contributed by atoms with Crippen LogP contribution in [0.4, 0.5) is 11.4 Å². The number of benzene rings is 4. The number of rotatable bonds is 10. The highest BCUT2D eigenvalue weighted by molar-refractivity contribution is 8.00. The summed E-state index contributed by atoms with van der Waals surface area (Å²) in [5, 5.41) is 9.14. The topological polar surface area (TPSA) is 96.5 Å². The lowest BCUT2D eigenvalue weighted by Crippen LogP contribution is -2.30. The molecule has 0 radical (unpaired) electrons. The van der Waals surface area contributed by atoms with Gasteiger partial charge in [0.05, 0.1) is 23.6 Å². The van der Waals surface area contributed by atoms with E-state index >= 15 is 0 Å². The van der Waals surface area contributed by atoms with Crippen molar-refractivity contribution in [3.8, 4) is 5.75 Å². The fraction of sp³-hybridized carbons (Fsp3) is 0.0645. The van der Waals surface area contributed by atoms with Gasteiger partial charge in [0, 0.05) is 21.2 Å². The summed E-state index contributed by atoms with van der Waals surface area (Å²) >= 11 is 13.4. The summed E-state index contributed by atoms with van der Waals surface area (Å²) in [5.41, 5.74) is 2.11. The van der Waals surface area contributed by atoms with E-state index in [4.69, 9.17) is 27.9 Å². The largest absolute Gasteiger partial charge is 0.497 e. The van der Waals surface area contributed by atoms with E-state index in [1.807, 2.05) is 0 Å². The van der Waals surface area contributed by atoms with Gasteiger partial charge in [0.2, 0.25) is 5.91 Å². The molecule has 0 aliphatic heterocycles. The summed E-state index contributed by atoms with van der Waals surface area (Å²) < 4.78 is 5.27. The molecule has 0 heterocycles. The Balaban J connectivity index is 1.42. The molecule has 4 aromatic rings. The molecule has 208 valence electrons. The molecule has 10 heteroatoms. The molecule has 0 fully saturated rings. The second-order valence-corrected chi connectivity index (χ2v) is 10.5. The Hall–Kier alpha value is -4.24. The van der Waals surface area contributed by atoms with Crippen molar-refractivity contribution in [1.82, 2.24) is 5.32 Å². The fourth-order valence-electron chi connectivity index (χ4n) is 3.60. The zero-order valence-corrected chi connectivity index (χ0v) is 24.1. The van der Waals surface area contributed by atoms with E-state index in [0.29, 0.717) is 38.3 Å². The van der Waals surface area contributed by atoms with Gasteiger partial charge in [-0.3, -0.25) is 14.4 Å². The average Bonchev–Trinajstić information content (AvgIpc) is 2.98. The van der Waals surface area contributed by atoms with E-state index in [0.717, 1.165) is 4.90 Å². The average molecular weight is 607 g/mol. The van der Waals surface area contributed by atoms with Crippen molar-refractivity contribution in [1.29, 1.82) is 0 Å². The van der Waals surface area contributed by atoms with Crippen LogP contribution in [0.25, 0.3) is 6.08 Å². The molecule has 0 atom stereocenters. The van der Waals surface area contributed by atoms with Crippen LogP contribution in [0.1, 0.15) is 15.9 Å². The van der Waals surface area contributed by atoms with Crippen molar-refractivity contribution >= 4 is 70.1 Å². The predicted octanol–water partition coefficient (Wildman–Crippen LogP) is 7.14. The van der Waals surface area contributed by atoms with Crippen molar-refractivity contribution in [3.63, 3.8) is 0 Å². The number of thioether (sulfide) groups is 1. The van der Waals surface area contributed by atoms with Gasteiger partial charge < -0.3 is 20.7 Å². The lowest BCUT2D eigenvalue weighted by Gasteiger charge is -2.12. The van der Waals surface area contributed by atoms with Crippen LogP contribution >= 0.6 is 35.0 Å². The molecule has 0 spiro atoms. The first-order chi connectivity index (χ1) is 19.8. The van der Waals surface area contributed by atoms with Crippen molar-refractivity contribution < 1.29 is 19.1 Å². The number of amides is 3. The molecule has 7 nitrogen and oxygen atoms in total. The molecule has 41 heavy (non-hydrogen) atoms. The number of methoxy groups -OCH3 is 1. The Labute approximate surface area is 251 Å². The minimum absolute atomic E-state index is 0.0573. The van der Waals surface area contributed by atoms with Crippen molar-refractivity contribution in [2.45, 2.75) is 4.90 Å². The number of hydrogen-bond donors (Lipinski definition) is 3. The van der Waals surface area contributed by atoms with Gasteiger partial charge in [-0.15, -0.1) is 11.8 Å². The number of carbonyl (C=O) groups excluding carboxylic acids is 3. The van der Waals surface area contributed by atoms with Crippen LogP contribution in [0.3, 0.4) is 0 Å². The van der Waals surface area contributed by atoms with Crippen LogP contribution in [0, 0.1) is 0 Å². The Kier molecular flexibility index (Phi) is 10.5.